The largest absolute Gasteiger partial charge is 0.488 e. The van der Waals surface area contributed by atoms with E-state index in [-0.39, 0.29) is 72.5 Å². The van der Waals surface area contributed by atoms with Gasteiger partial charge >= 0.3 is 0 Å². The number of carbonyl (C=O) groups is 3. The Morgan fingerprint density at radius 2 is 1.78 bits per heavy atom. The number of para-hydroxylation sites is 2. The lowest BCUT2D eigenvalue weighted by Gasteiger charge is -2.33. The SMILES string of the molecule is Cc1noc(C)c1S(=O)(=O)N(C)C[C@H]1Oc2ccc(NC(=O)CCCCCC(=O)Nc3ccccc3N)cc2CC(=O)N([C@H](C)CO)C[C@H]1C. The zero-order valence-electron chi connectivity index (χ0n) is 29.3. The predicted octanol–water partition coefficient (Wildman–Crippen LogP) is 3.87. The number of rotatable bonds is 14. The molecule has 14 nitrogen and oxygen atoms in total. The lowest BCUT2D eigenvalue weighted by molar-refractivity contribution is -0.134. The molecule has 0 aliphatic carbocycles. The number of hydrogen-bond acceptors (Lipinski definition) is 10. The molecule has 2 heterocycles. The van der Waals surface area contributed by atoms with Crippen molar-refractivity contribution in [3.8, 4) is 5.75 Å². The van der Waals surface area contributed by atoms with Crippen molar-refractivity contribution in [2.24, 2.45) is 5.92 Å². The number of hydrogen-bond donors (Lipinski definition) is 4. The van der Waals surface area contributed by atoms with E-state index < -0.39 is 22.2 Å². The summed E-state index contributed by atoms with van der Waals surface area (Å²) in [6.45, 7) is 6.66. The van der Waals surface area contributed by atoms with Crippen LogP contribution in [-0.2, 0) is 30.8 Å². The predicted molar refractivity (Wildman–Crippen MR) is 189 cm³/mol. The Hall–Kier alpha value is -4.47. The summed E-state index contributed by atoms with van der Waals surface area (Å²) in [6, 6.07) is 11.6. The van der Waals surface area contributed by atoms with Gasteiger partial charge in [-0.25, -0.2) is 8.42 Å². The second-order valence-corrected chi connectivity index (χ2v) is 14.9. The minimum Gasteiger partial charge on any atom is -0.488 e. The Morgan fingerprint density at radius 3 is 2.42 bits per heavy atom. The van der Waals surface area contributed by atoms with Gasteiger partial charge < -0.3 is 35.6 Å². The summed E-state index contributed by atoms with van der Waals surface area (Å²) in [5.74, 6) is -0.340. The Bertz CT molecular complexity index is 1760. The van der Waals surface area contributed by atoms with E-state index in [1.807, 2.05) is 6.92 Å². The number of nitrogen functional groups attached to an aromatic ring is 1. The number of carbonyl (C=O) groups excluding carboxylic acids is 3. The Labute approximate surface area is 293 Å². The van der Waals surface area contributed by atoms with Gasteiger partial charge in [-0.3, -0.25) is 14.4 Å². The first-order valence-electron chi connectivity index (χ1n) is 16.7. The summed E-state index contributed by atoms with van der Waals surface area (Å²) >= 11 is 0. The molecular weight excluding hydrogens is 664 g/mol. The van der Waals surface area contributed by atoms with Crippen molar-refractivity contribution in [1.82, 2.24) is 14.4 Å². The van der Waals surface area contributed by atoms with E-state index in [1.165, 1.54) is 18.3 Å². The number of aromatic nitrogens is 1. The smallest absolute Gasteiger partial charge is 0.248 e. The molecule has 5 N–H and O–H groups in total. The third-order valence-corrected chi connectivity index (χ3v) is 10.9. The van der Waals surface area contributed by atoms with Crippen LogP contribution in [0.2, 0.25) is 0 Å². The molecule has 0 unspecified atom stereocenters. The molecule has 4 rings (SSSR count). The molecule has 3 atom stereocenters. The van der Waals surface area contributed by atoms with Crippen LogP contribution in [0.15, 0.2) is 51.9 Å². The van der Waals surface area contributed by atoms with E-state index in [1.54, 1.807) is 61.2 Å². The number of fused-ring (bicyclic) bond motifs is 1. The molecule has 1 aliphatic heterocycles. The summed E-state index contributed by atoms with van der Waals surface area (Å²) in [5, 5.41) is 19.4. The normalized spacial score (nSPS) is 17.3. The van der Waals surface area contributed by atoms with Crippen molar-refractivity contribution < 1.29 is 37.2 Å². The molecule has 0 saturated heterocycles. The first-order valence-corrected chi connectivity index (χ1v) is 18.2. The van der Waals surface area contributed by atoms with Crippen LogP contribution in [0.4, 0.5) is 17.1 Å². The third kappa shape index (κ3) is 9.61. The number of benzene rings is 2. The molecule has 0 spiro atoms. The van der Waals surface area contributed by atoms with Gasteiger partial charge in [-0.1, -0.05) is 30.6 Å². The second kappa shape index (κ2) is 17.0. The first kappa shape index (κ1) is 38.3. The van der Waals surface area contributed by atoms with Crippen molar-refractivity contribution in [2.45, 2.75) is 83.3 Å². The Kier molecular flexibility index (Phi) is 13.0. The second-order valence-electron chi connectivity index (χ2n) is 12.9. The van der Waals surface area contributed by atoms with E-state index in [0.717, 1.165) is 0 Å². The van der Waals surface area contributed by atoms with Gasteiger partial charge in [0, 0.05) is 43.6 Å². The zero-order chi connectivity index (χ0) is 36.6. The highest BCUT2D eigenvalue weighted by Gasteiger charge is 2.35. The van der Waals surface area contributed by atoms with Gasteiger partial charge in [0.2, 0.25) is 27.7 Å². The fourth-order valence-electron chi connectivity index (χ4n) is 5.87. The molecule has 272 valence electrons. The molecule has 1 aromatic heterocycles. The van der Waals surface area contributed by atoms with Crippen molar-refractivity contribution in [2.75, 3.05) is 43.1 Å². The van der Waals surface area contributed by atoms with Crippen LogP contribution < -0.4 is 21.1 Å². The fourth-order valence-corrected chi connectivity index (χ4v) is 7.34. The number of aliphatic hydroxyl groups is 1. The van der Waals surface area contributed by atoms with Gasteiger partial charge in [0.25, 0.3) is 0 Å². The minimum absolute atomic E-state index is 0.00127. The van der Waals surface area contributed by atoms with E-state index >= 15 is 0 Å². The van der Waals surface area contributed by atoms with Gasteiger partial charge in [-0.05, 0) is 63.9 Å². The highest BCUT2D eigenvalue weighted by molar-refractivity contribution is 7.89. The summed E-state index contributed by atoms with van der Waals surface area (Å²) < 4.78 is 39.8. The fraction of sp³-hybridized carbons (Fsp3) is 0.486. The van der Waals surface area contributed by atoms with Crippen LogP contribution in [0.5, 0.6) is 5.75 Å². The van der Waals surface area contributed by atoms with Crippen LogP contribution in [0.25, 0.3) is 0 Å². The third-order valence-electron chi connectivity index (χ3n) is 8.82. The standard InChI is InChI=1S/C35H48N6O8S/c1-22-19-41(23(2)21-42)34(45)18-26-17-27(37-32(43)13-7-6-8-14-33(44)38-29-12-10-9-11-28(29)36)15-16-30(26)48-31(22)20-40(5)50(46,47)35-24(3)39-49-25(35)4/h9-12,15-17,22-23,31,42H,6-8,13-14,18-21,36H2,1-5H3,(H,37,43)(H,38,44)/t22-,23-,31-/m1/s1. The minimum atomic E-state index is -3.98. The van der Waals surface area contributed by atoms with E-state index in [9.17, 15) is 27.9 Å². The van der Waals surface area contributed by atoms with Gasteiger partial charge in [0.05, 0.1) is 37.0 Å². The maximum atomic E-state index is 13.6. The number of aryl methyl sites for hydroxylation is 2. The molecule has 1 aliphatic rings. The van der Waals surface area contributed by atoms with Crippen molar-refractivity contribution in [1.29, 1.82) is 0 Å². The van der Waals surface area contributed by atoms with Crippen molar-refractivity contribution in [3.05, 3.63) is 59.5 Å². The number of sulfonamides is 1. The number of ether oxygens (including phenoxy) is 1. The van der Waals surface area contributed by atoms with Crippen LogP contribution in [-0.4, -0.2) is 84.5 Å². The first-order chi connectivity index (χ1) is 23.7. The van der Waals surface area contributed by atoms with E-state index in [4.69, 9.17) is 15.0 Å². The molecule has 0 bridgehead atoms. The van der Waals surface area contributed by atoms with Crippen LogP contribution in [0, 0.1) is 19.8 Å². The highest BCUT2D eigenvalue weighted by atomic mass is 32.2. The van der Waals surface area contributed by atoms with Gasteiger partial charge in [-0.15, -0.1) is 0 Å². The number of anilines is 3. The topological polar surface area (TPSA) is 197 Å². The number of amides is 3. The average Bonchev–Trinajstić information content (AvgIpc) is 3.43. The maximum absolute atomic E-state index is 13.6. The molecule has 15 heteroatoms. The molecule has 3 aromatic rings. The van der Waals surface area contributed by atoms with Gasteiger partial charge in [0.15, 0.2) is 5.76 Å². The van der Waals surface area contributed by atoms with Crippen molar-refractivity contribution >= 4 is 44.8 Å². The maximum Gasteiger partial charge on any atom is 0.248 e. The Morgan fingerprint density at radius 1 is 1.10 bits per heavy atom. The number of aliphatic hydroxyl groups excluding tert-OH is 1. The van der Waals surface area contributed by atoms with E-state index in [0.29, 0.717) is 54.1 Å². The summed E-state index contributed by atoms with van der Waals surface area (Å²) in [5.41, 5.74) is 8.20. The summed E-state index contributed by atoms with van der Waals surface area (Å²) in [7, 11) is -2.52. The molecular formula is C35H48N6O8S. The van der Waals surface area contributed by atoms with Crippen LogP contribution >= 0.6 is 0 Å². The monoisotopic (exact) mass is 712 g/mol. The zero-order valence-corrected chi connectivity index (χ0v) is 30.1. The lowest BCUT2D eigenvalue weighted by atomic mass is 10.0. The quantitative estimate of drug-likeness (QED) is 0.141. The molecule has 0 saturated carbocycles. The van der Waals surface area contributed by atoms with E-state index in [2.05, 4.69) is 15.8 Å². The molecule has 3 amide bonds. The number of unbranched alkanes of at least 4 members (excludes halogenated alkanes) is 2. The summed E-state index contributed by atoms with van der Waals surface area (Å²) in [4.78, 5) is 40.2. The van der Waals surface area contributed by atoms with Crippen LogP contribution in [0.3, 0.4) is 0 Å². The lowest BCUT2D eigenvalue weighted by Crippen LogP contribution is -2.48. The van der Waals surface area contributed by atoms with Gasteiger partial charge in [0.1, 0.15) is 22.4 Å². The van der Waals surface area contributed by atoms with Gasteiger partial charge in [-0.2, -0.15) is 4.31 Å². The number of likely N-dealkylation sites (N-methyl/N-ethyl adjacent to an activating group) is 1. The molecule has 2 aromatic carbocycles. The number of nitrogens with two attached hydrogens (primary N) is 1. The molecule has 0 radical (unpaired) electrons. The van der Waals surface area contributed by atoms with Crippen molar-refractivity contribution in [3.63, 3.8) is 0 Å². The molecule has 50 heavy (non-hydrogen) atoms. The highest BCUT2D eigenvalue weighted by Crippen LogP contribution is 2.31. The number of nitrogens with one attached hydrogen (secondary N) is 2. The van der Waals surface area contributed by atoms with Crippen LogP contribution in [0.1, 0.15) is 63.0 Å². The molecule has 0 fully saturated rings. The average molecular weight is 713 g/mol. The Balaban J connectivity index is 1.42. The summed E-state index contributed by atoms with van der Waals surface area (Å²) in [6.07, 6.45) is 1.69. The number of nitrogens with zero attached hydrogens (tertiary/aromatic N) is 3.